The molecule has 1 fully saturated rings. The number of fused-ring (bicyclic) bond motifs is 1. The standard InChI is InChI=1S/C21H33N5O.HI/c1-2-22-21(23-11-5-6-12-26-13-7-8-14-26)24-16-17-15-20(27)25-19-10-4-3-9-18(17)19;/h3-4,9-10,17H,2,5-8,11-16H2,1H3,(H,25,27)(H2,22,23,24);1H. The number of carbonyl (C=O) groups is 1. The van der Waals surface area contributed by atoms with Crippen LogP contribution in [0.5, 0.6) is 0 Å². The van der Waals surface area contributed by atoms with Gasteiger partial charge in [0.05, 0.1) is 6.54 Å². The minimum absolute atomic E-state index is 0. The van der Waals surface area contributed by atoms with Crippen molar-refractivity contribution in [3.8, 4) is 0 Å². The van der Waals surface area contributed by atoms with Crippen molar-refractivity contribution in [2.45, 2.75) is 44.9 Å². The largest absolute Gasteiger partial charge is 0.357 e. The summed E-state index contributed by atoms with van der Waals surface area (Å²) in [6.07, 6.45) is 5.59. The van der Waals surface area contributed by atoms with Crippen LogP contribution in [0, 0.1) is 0 Å². The van der Waals surface area contributed by atoms with E-state index in [2.05, 4.69) is 33.8 Å². The van der Waals surface area contributed by atoms with Gasteiger partial charge in [0.25, 0.3) is 0 Å². The van der Waals surface area contributed by atoms with Gasteiger partial charge in [0.1, 0.15) is 0 Å². The van der Waals surface area contributed by atoms with Gasteiger partial charge in [-0.1, -0.05) is 18.2 Å². The molecule has 1 aromatic carbocycles. The number of nitrogens with zero attached hydrogens (tertiary/aromatic N) is 2. The molecule has 6 nitrogen and oxygen atoms in total. The predicted molar refractivity (Wildman–Crippen MR) is 127 cm³/mol. The molecule has 1 saturated heterocycles. The molecule has 0 radical (unpaired) electrons. The lowest BCUT2D eigenvalue weighted by Crippen LogP contribution is -2.38. The fourth-order valence-corrected chi connectivity index (χ4v) is 3.88. The van der Waals surface area contributed by atoms with Crippen LogP contribution in [-0.4, -0.2) is 56.0 Å². The smallest absolute Gasteiger partial charge is 0.225 e. The molecule has 1 aromatic rings. The van der Waals surface area contributed by atoms with E-state index in [4.69, 9.17) is 4.99 Å². The maximum absolute atomic E-state index is 12.0. The number of para-hydroxylation sites is 1. The average Bonchev–Trinajstić information content (AvgIpc) is 3.19. The number of unbranched alkanes of at least 4 members (excludes halogenated alkanes) is 1. The van der Waals surface area contributed by atoms with Crippen molar-refractivity contribution in [2.24, 2.45) is 4.99 Å². The SMILES string of the molecule is CCNC(=NCC1CC(=O)Nc2ccccc21)NCCCCN1CCCC1.I. The Morgan fingerprint density at radius 2 is 2.00 bits per heavy atom. The Bertz CT molecular complexity index is 645. The van der Waals surface area contributed by atoms with Crippen LogP contribution in [0.4, 0.5) is 5.69 Å². The Balaban J connectivity index is 0.00000280. The number of rotatable bonds is 8. The molecule has 1 amide bonds. The number of likely N-dealkylation sites (tertiary alicyclic amines) is 1. The molecule has 2 heterocycles. The van der Waals surface area contributed by atoms with Crippen LogP contribution in [0.25, 0.3) is 0 Å². The summed E-state index contributed by atoms with van der Waals surface area (Å²) in [6, 6.07) is 8.04. The number of hydrogen-bond acceptors (Lipinski definition) is 3. The van der Waals surface area contributed by atoms with Gasteiger partial charge in [-0.3, -0.25) is 9.79 Å². The van der Waals surface area contributed by atoms with Gasteiger partial charge in [0.15, 0.2) is 5.96 Å². The molecule has 1 unspecified atom stereocenters. The molecule has 7 heteroatoms. The summed E-state index contributed by atoms with van der Waals surface area (Å²) in [4.78, 5) is 19.3. The number of anilines is 1. The molecular weight excluding hydrogens is 465 g/mol. The highest BCUT2D eigenvalue weighted by molar-refractivity contribution is 14.0. The van der Waals surface area contributed by atoms with Gasteiger partial charge in [0.2, 0.25) is 5.91 Å². The summed E-state index contributed by atoms with van der Waals surface area (Å²) in [6.45, 7) is 8.22. The first kappa shape index (κ1) is 22.9. The molecule has 3 N–H and O–H groups in total. The number of halogens is 1. The van der Waals surface area contributed by atoms with E-state index in [0.717, 1.165) is 31.2 Å². The zero-order valence-electron chi connectivity index (χ0n) is 16.9. The fourth-order valence-electron chi connectivity index (χ4n) is 3.88. The van der Waals surface area contributed by atoms with E-state index in [9.17, 15) is 4.79 Å². The van der Waals surface area contributed by atoms with E-state index in [1.54, 1.807) is 0 Å². The van der Waals surface area contributed by atoms with Crippen molar-refractivity contribution >= 4 is 41.5 Å². The van der Waals surface area contributed by atoms with Crippen LogP contribution < -0.4 is 16.0 Å². The maximum atomic E-state index is 12.0. The molecular formula is C21H34IN5O. The van der Waals surface area contributed by atoms with Crippen LogP contribution >= 0.6 is 24.0 Å². The van der Waals surface area contributed by atoms with Gasteiger partial charge in [-0.2, -0.15) is 0 Å². The number of nitrogens with one attached hydrogen (secondary N) is 3. The minimum atomic E-state index is 0. The second kappa shape index (κ2) is 12.3. The topological polar surface area (TPSA) is 68.8 Å². The van der Waals surface area contributed by atoms with E-state index in [-0.39, 0.29) is 35.8 Å². The first-order valence-electron chi connectivity index (χ1n) is 10.4. The number of aliphatic imine (C=N–C) groups is 1. The lowest BCUT2D eigenvalue weighted by atomic mass is 9.91. The third-order valence-electron chi connectivity index (χ3n) is 5.31. The average molecular weight is 499 g/mol. The highest BCUT2D eigenvalue weighted by atomic mass is 127. The number of carbonyl (C=O) groups excluding carboxylic acids is 1. The Hall–Kier alpha value is -1.35. The van der Waals surface area contributed by atoms with Gasteiger partial charge in [-0.05, 0) is 63.9 Å². The van der Waals surface area contributed by atoms with Crippen molar-refractivity contribution in [3.05, 3.63) is 29.8 Å². The molecule has 3 rings (SSSR count). The minimum Gasteiger partial charge on any atom is -0.357 e. The summed E-state index contributed by atoms with van der Waals surface area (Å²) < 4.78 is 0. The summed E-state index contributed by atoms with van der Waals surface area (Å²) >= 11 is 0. The van der Waals surface area contributed by atoms with Crippen LogP contribution in [-0.2, 0) is 4.79 Å². The zero-order chi connectivity index (χ0) is 18.9. The van der Waals surface area contributed by atoms with Gasteiger partial charge < -0.3 is 20.9 Å². The highest BCUT2D eigenvalue weighted by Gasteiger charge is 2.24. The van der Waals surface area contributed by atoms with Gasteiger partial charge in [0, 0.05) is 31.1 Å². The molecule has 0 spiro atoms. The molecule has 0 saturated carbocycles. The van der Waals surface area contributed by atoms with Gasteiger partial charge in [-0.25, -0.2) is 0 Å². The number of guanidine groups is 1. The Morgan fingerprint density at radius 1 is 1.21 bits per heavy atom. The Labute approximate surface area is 186 Å². The quantitative estimate of drug-likeness (QED) is 0.223. The van der Waals surface area contributed by atoms with Gasteiger partial charge in [-0.15, -0.1) is 24.0 Å². The zero-order valence-corrected chi connectivity index (χ0v) is 19.2. The molecule has 2 aliphatic heterocycles. The predicted octanol–water partition coefficient (Wildman–Crippen LogP) is 3.16. The number of amides is 1. The summed E-state index contributed by atoms with van der Waals surface area (Å²) in [5, 5.41) is 9.71. The second-order valence-electron chi connectivity index (χ2n) is 7.44. The van der Waals surface area contributed by atoms with Crippen LogP contribution in [0.15, 0.2) is 29.3 Å². The summed E-state index contributed by atoms with van der Waals surface area (Å²) in [5.74, 6) is 1.07. The summed E-state index contributed by atoms with van der Waals surface area (Å²) in [5.41, 5.74) is 2.11. The van der Waals surface area contributed by atoms with E-state index in [1.165, 1.54) is 44.5 Å². The lowest BCUT2D eigenvalue weighted by molar-refractivity contribution is -0.116. The monoisotopic (exact) mass is 499 g/mol. The molecule has 0 aliphatic carbocycles. The third-order valence-corrected chi connectivity index (χ3v) is 5.31. The van der Waals surface area contributed by atoms with Crippen molar-refractivity contribution < 1.29 is 4.79 Å². The lowest BCUT2D eigenvalue weighted by Gasteiger charge is -2.24. The van der Waals surface area contributed by atoms with E-state index in [0.29, 0.717) is 13.0 Å². The molecule has 28 heavy (non-hydrogen) atoms. The van der Waals surface area contributed by atoms with Crippen molar-refractivity contribution in [1.82, 2.24) is 15.5 Å². The summed E-state index contributed by atoms with van der Waals surface area (Å²) in [7, 11) is 0. The van der Waals surface area contributed by atoms with E-state index < -0.39 is 0 Å². The van der Waals surface area contributed by atoms with E-state index >= 15 is 0 Å². The number of hydrogen-bond donors (Lipinski definition) is 3. The highest BCUT2D eigenvalue weighted by Crippen LogP contribution is 2.31. The van der Waals surface area contributed by atoms with Crippen molar-refractivity contribution in [1.29, 1.82) is 0 Å². The van der Waals surface area contributed by atoms with Crippen LogP contribution in [0.1, 0.15) is 50.5 Å². The molecule has 156 valence electrons. The normalized spacial score (nSPS) is 19.5. The van der Waals surface area contributed by atoms with Crippen molar-refractivity contribution in [2.75, 3.05) is 44.6 Å². The van der Waals surface area contributed by atoms with Crippen LogP contribution in [0.3, 0.4) is 0 Å². The van der Waals surface area contributed by atoms with Crippen LogP contribution in [0.2, 0.25) is 0 Å². The van der Waals surface area contributed by atoms with Crippen molar-refractivity contribution in [3.63, 3.8) is 0 Å². The first-order chi connectivity index (χ1) is 13.3. The first-order valence-corrected chi connectivity index (χ1v) is 10.4. The van der Waals surface area contributed by atoms with E-state index in [1.807, 2.05) is 18.2 Å². The molecule has 0 bridgehead atoms. The molecule has 2 aliphatic rings. The number of benzene rings is 1. The Morgan fingerprint density at radius 3 is 2.79 bits per heavy atom. The molecule has 0 aromatic heterocycles. The second-order valence-corrected chi connectivity index (χ2v) is 7.44. The van der Waals surface area contributed by atoms with Gasteiger partial charge >= 0.3 is 0 Å². The maximum Gasteiger partial charge on any atom is 0.225 e. The third kappa shape index (κ3) is 6.92. The fraction of sp³-hybridized carbons (Fsp3) is 0.619. The molecule has 1 atom stereocenters. The Kier molecular flexibility index (Phi) is 10.0.